The lowest BCUT2D eigenvalue weighted by Gasteiger charge is -2.15. The Morgan fingerprint density at radius 2 is 2.14 bits per heavy atom. The fourth-order valence-corrected chi connectivity index (χ4v) is 2.23. The number of carbonyl (C=O) groups excluding carboxylic acids is 1. The first kappa shape index (κ1) is 16.6. The molecule has 1 fully saturated rings. The van der Waals surface area contributed by atoms with Gasteiger partial charge in [-0.2, -0.15) is 0 Å². The van der Waals surface area contributed by atoms with Crippen LogP contribution in [0.4, 0.5) is 4.79 Å². The average Bonchev–Trinajstić information content (AvgIpc) is 3.30. The molecule has 1 aliphatic carbocycles. The number of aliphatic hydroxyl groups is 1. The van der Waals surface area contributed by atoms with E-state index in [0.29, 0.717) is 19.7 Å². The molecular formula is C17H26N2O3. The van der Waals surface area contributed by atoms with Gasteiger partial charge >= 0.3 is 6.03 Å². The number of benzene rings is 1. The molecule has 1 aromatic carbocycles. The summed E-state index contributed by atoms with van der Waals surface area (Å²) in [5.74, 6) is 0.830. The maximum absolute atomic E-state index is 11.9. The minimum atomic E-state index is -0.207. The molecule has 0 aliphatic heterocycles. The van der Waals surface area contributed by atoms with Gasteiger partial charge in [0.25, 0.3) is 0 Å². The lowest BCUT2D eigenvalue weighted by Crippen LogP contribution is -2.39. The summed E-state index contributed by atoms with van der Waals surface area (Å²) in [6.45, 7) is 5.85. The van der Waals surface area contributed by atoms with Crippen molar-refractivity contribution < 1.29 is 14.6 Å². The normalized spacial score (nSPS) is 15.2. The third-order valence-electron chi connectivity index (χ3n) is 4.04. The van der Waals surface area contributed by atoms with E-state index in [0.717, 1.165) is 36.1 Å². The van der Waals surface area contributed by atoms with E-state index in [1.165, 1.54) is 0 Å². The third-order valence-corrected chi connectivity index (χ3v) is 4.04. The molecule has 1 aromatic rings. The van der Waals surface area contributed by atoms with Crippen molar-refractivity contribution in [2.75, 3.05) is 19.8 Å². The molecular weight excluding hydrogens is 280 g/mol. The molecule has 0 bridgehead atoms. The standard InChI is InChI=1S/C17H26N2O3/c1-3-8-22-15-9-13(2)4-5-14(15)10-18-16(21)19-11-17(12-20)6-7-17/h4-5,9,20H,3,6-8,10-12H2,1-2H3,(H2,18,19,21). The van der Waals surface area contributed by atoms with Gasteiger partial charge in [0.05, 0.1) is 13.2 Å². The largest absolute Gasteiger partial charge is 0.493 e. The van der Waals surface area contributed by atoms with E-state index >= 15 is 0 Å². The van der Waals surface area contributed by atoms with Crippen molar-refractivity contribution in [1.29, 1.82) is 0 Å². The molecule has 2 rings (SSSR count). The molecule has 5 heteroatoms. The van der Waals surface area contributed by atoms with E-state index in [4.69, 9.17) is 4.74 Å². The van der Waals surface area contributed by atoms with Crippen molar-refractivity contribution in [3.8, 4) is 5.75 Å². The van der Waals surface area contributed by atoms with Crippen LogP contribution in [0, 0.1) is 12.3 Å². The van der Waals surface area contributed by atoms with Crippen LogP contribution in [0.15, 0.2) is 18.2 Å². The zero-order chi connectivity index (χ0) is 16.0. The van der Waals surface area contributed by atoms with Crippen LogP contribution in [-0.4, -0.2) is 30.9 Å². The van der Waals surface area contributed by atoms with Crippen molar-refractivity contribution >= 4 is 6.03 Å². The number of nitrogens with one attached hydrogen (secondary N) is 2. The van der Waals surface area contributed by atoms with Gasteiger partial charge in [0, 0.05) is 24.1 Å². The van der Waals surface area contributed by atoms with Crippen LogP contribution in [0.1, 0.15) is 37.3 Å². The van der Waals surface area contributed by atoms with E-state index < -0.39 is 0 Å². The molecule has 0 heterocycles. The van der Waals surface area contributed by atoms with Gasteiger partial charge in [-0.15, -0.1) is 0 Å². The highest BCUT2D eigenvalue weighted by molar-refractivity contribution is 5.74. The van der Waals surface area contributed by atoms with Crippen molar-refractivity contribution in [1.82, 2.24) is 10.6 Å². The smallest absolute Gasteiger partial charge is 0.315 e. The lowest BCUT2D eigenvalue weighted by molar-refractivity contribution is 0.203. The number of rotatable bonds is 8. The second kappa shape index (κ2) is 7.49. The number of ether oxygens (including phenoxy) is 1. The molecule has 0 aromatic heterocycles. The first-order valence-electron chi connectivity index (χ1n) is 7.93. The monoisotopic (exact) mass is 306 g/mol. The second-order valence-corrected chi connectivity index (χ2v) is 6.15. The first-order valence-corrected chi connectivity index (χ1v) is 7.93. The molecule has 0 atom stereocenters. The molecule has 0 saturated heterocycles. The van der Waals surface area contributed by atoms with Crippen LogP contribution in [0.2, 0.25) is 0 Å². The van der Waals surface area contributed by atoms with Gasteiger partial charge in [-0.05, 0) is 37.8 Å². The number of amides is 2. The van der Waals surface area contributed by atoms with Gasteiger partial charge in [-0.1, -0.05) is 19.1 Å². The van der Waals surface area contributed by atoms with Crippen LogP contribution >= 0.6 is 0 Å². The van der Waals surface area contributed by atoms with Crippen LogP contribution < -0.4 is 15.4 Å². The topological polar surface area (TPSA) is 70.6 Å². The number of aliphatic hydroxyl groups excluding tert-OH is 1. The average molecular weight is 306 g/mol. The zero-order valence-corrected chi connectivity index (χ0v) is 13.4. The lowest BCUT2D eigenvalue weighted by atomic mass is 10.1. The third kappa shape index (κ3) is 4.63. The minimum Gasteiger partial charge on any atom is -0.493 e. The van der Waals surface area contributed by atoms with Crippen molar-refractivity contribution in [2.45, 2.75) is 39.7 Å². The van der Waals surface area contributed by atoms with Crippen LogP contribution in [-0.2, 0) is 6.54 Å². The molecule has 2 amide bonds. The van der Waals surface area contributed by atoms with Crippen molar-refractivity contribution in [2.24, 2.45) is 5.41 Å². The SMILES string of the molecule is CCCOc1cc(C)ccc1CNC(=O)NCC1(CO)CC1. The maximum Gasteiger partial charge on any atom is 0.315 e. The summed E-state index contributed by atoms with van der Waals surface area (Å²) >= 11 is 0. The highest BCUT2D eigenvalue weighted by Gasteiger charge is 2.42. The molecule has 122 valence electrons. The Morgan fingerprint density at radius 3 is 2.77 bits per heavy atom. The van der Waals surface area contributed by atoms with Gasteiger partial charge in [0.2, 0.25) is 0 Å². The second-order valence-electron chi connectivity index (χ2n) is 6.15. The summed E-state index contributed by atoms with van der Waals surface area (Å²) in [7, 11) is 0. The summed E-state index contributed by atoms with van der Waals surface area (Å²) in [4.78, 5) is 11.9. The molecule has 5 nitrogen and oxygen atoms in total. The van der Waals surface area contributed by atoms with Gasteiger partial charge < -0.3 is 20.5 Å². The highest BCUT2D eigenvalue weighted by atomic mass is 16.5. The number of hydrogen-bond donors (Lipinski definition) is 3. The summed E-state index contributed by atoms with van der Waals surface area (Å²) < 4.78 is 5.74. The maximum atomic E-state index is 11.9. The first-order chi connectivity index (χ1) is 10.6. The zero-order valence-electron chi connectivity index (χ0n) is 13.4. The quantitative estimate of drug-likeness (QED) is 0.690. The Hall–Kier alpha value is -1.75. The van der Waals surface area contributed by atoms with Crippen LogP contribution in [0.5, 0.6) is 5.75 Å². The summed E-state index contributed by atoms with van der Waals surface area (Å²) in [6, 6.07) is 5.78. The van der Waals surface area contributed by atoms with E-state index in [1.54, 1.807) is 0 Å². The summed E-state index contributed by atoms with van der Waals surface area (Å²) in [5, 5.41) is 14.9. The Kier molecular flexibility index (Phi) is 5.66. The molecule has 0 unspecified atom stereocenters. The van der Waals surface area contributed by atoms with E-state index in [-0.39, 0.29) is 18.1 Å². The van der Waals surface area contributed by atoms with Gasteiger partial charge in [0.15, 0.2) is 0 Å². The molecule has 0 spiro atoms. The van der Waals surface area contributed by atoms with E-state index in [9.17, 15) is 9.90 Å². The number of hydrogen-bond acceptors (Lipinski definition) is 3. The van der Waals surface area contributed by atoms with Gasteiger partial charge in [-0.25, -0.2) is 4.79 Å². The summed E-state index contributed by atoms with van der Waals surface area (Å²) in [5.41, 5.74) is 2.03. The van der Waals surface area contributed by atoms with Crippen molar-refractivity contribution in [3.63, 3.8) is 0 Å². The van der Waals surface area contributed by atoms with Gasteiger partial charge in [0.1, 0.15) is 5.75 Å². The predicted molar refractivity (Wildman–Crippen MR) is 86.0 cm³/mol. The molecule has 0 radical (unpaired) electrons. The Balaban J connectivity index is 1.83. The Morgan fingerprint density at radius 1 is 1.36 bits per heavy atom. The van der Waals surface area contributed by atoms with Crippen molar-refractivity contribution in [3.05, 3.63) is 29.3 Å². The fourth-order valence-electron chi connectivity index (χ4n) is 2.23. The Labute approximate surface area is 132 Å². The number of aryl methyl sites for hydroxylation is 1. The molecule has 3 N–H and O–H groups in total. The summed E-state index contributed by atoms with van der Waals surface area (Å²) in [6.07, 6.45) is 2.91. The predicted octanol–water partition coefficient (Wildman–Crippen LogP) is 2.36. The number of urea groups is 1. The fraction of sp³-hybridized carbons (Fsp3) is 0.588. The molecule has 22 heavy (non-hydrogen) atoms. The van der Waals surface area contributed by atoms with Crippen LogP contribution in [0.25, 0.3) is 0 Å². The van der Waals surface area contributed by atoms with E-state index in [1.807, 2.05) is 25.1 Å². The van der Waals surface area contributed by atoms with Crippen LogP contribution in [0.3, 0.4) is 0 Å². The number of carbonyl (C=O) groups is 1. The molecule has 1 saturated carbocycles. The highest BCUT2D eigenvalue weighted by Crippen LogP contribution is 2.44. The van der Waals surface area contributed by atoms with Gasteiger partial charge in [-0.3, -0.25) is 0 Å². The Bertz CT molecular complexity index is 513. The van der Waals surface area contributed by atoms with E-state index in [2.05, 4.69) is 17.6 Å². The minimum absolute atomic E-state index is 0.0728. The molecule has 1 aliphatic rings.